The number of rotatable bonds is 3. The fraction of sp³-hybridized carbons (Fsp3) is 0.400. The van der Waals surface area contributed by atoms with Crippen molar-refractivity contribution in [3.05, 3.63) is 28.1 Å². The molecule has 1 aliphatic rings. The van der Waals surface area contributed by atoms with Crippen LogP contribution in [0.15, 0.2) is 23.1 Å². The van der Waals surface area contributed by atoms with Crippen LogP contribution in [0.1, 0.15) is 17.7 Å². The van der Waals surface area contributed by atoms with E-state index in [2.05, 4.69) is 0 Å². The molecule has 8 heteroatoms. The second kappa shape index (κ2) is 6.05. The van der Waals surface area contributed by atoms with Crippen LogP contribution in [0, 0.1) is 12.8 Å². The van der Waals surface area contributed by atoms with E-state index in [1.54, 1.807) is 19.1 Å². The first kappa shape index (κ1) is 16.7. The Hall–Kier alpha value is -1.15. The SMILES string of the molecule is Cc1sc2ccc(Cl)cc2c1S(=O)(=O)N1CCC(C(=O)O)CC1. The molecule has 0 amide bonds. The van der Waals surface area contributed by atoms with Gasteiger partial charge in [0.1, 0.15) is 4.90 Å². The summed E-state index contributed by atoms with van der Waals surface area (Å²) in [6.45, 7) is 2.25. The van der Waals surface area contributed by atoms with Gasteiger partial charge in [-0.25, -0.2) is 8.42 Å². The van der Waals surface area contributed by atoms with Gasteiger partial charge in [0.05, 0.1) is 5.92 Å². The summed E-state index contributed by atoms with van der Waals surface area (Å²) in [5.74, 6) is -1.32. The molecule has 0 atom stereocenters. The van der Waals surface area contributed by atoms with Crippen LogP contribution in [0.25, 0.3) is 10.1 Å². The Morgan fingerprint density at radius 2 is 2.00 bits per heavy atom. The molecular formula is C15H16ClNO4S2. The number of aryl methyl sites for hydroxylation is 1. The van der Waals surface area contributed by atoms with Gasteiger partial charge in [0, 0.05) is 33.1 Å². The van der Waals surface area contributed by atoms with Gasteiger partial charge in [-0.1, -0.05) is 11.6 Å². The van der Waals surface area contributed by atoms with Gasteiger partial charge in [0.15, 0.2) is 0 Å². The van der Waals surface area contributed by atoms with Gasteiger partial charge in [-0.15, -0.1) is 11.3 Å². The summed E-state index contributed by atoms with van der Waals surface area (Å²) < 4.78 is 28.3. The van der Waals surface area contributed by atoms with Gasteiger partial charge in [-0.2, -0.15) is 4.31 Å². The number of aliphatic carboxylic acids is 1. The molecule has 0 aliphatic carbocycles. The van der Waals surface area contributed by atoms with Gasteiger partial charge in [0.2, 0.25) is 10.0 Å². The molecule has 0 bridgehead atoms. The molecule has 1 fully saturated rings. The van der Waals surface area contributed by atoms with E-state index < -0.39 is 21.9 Å². The second-order valence-corrected chi connectivity index (χ2v) is 9.21. The summed E-state index contributed by atoms with van der Waals surface area (Å²) in [6.07, 6.45) is 0.687. The third-order valence-electron chi connectivity index (χ3n) is 4.17. The van der Waals surface area contributed by atoms with E-state index >= 15 is 0 Å². The molecule has 1 aromatic carbocycles. The molecule has 2 aromatic rings. The van der Waals surface area contributed by atoms with Crippen molar-refractivity contribution >= 4 is 49.0 Å². The van der Waals surface area contributed by atoms with Crippen molar-refractivity contribution < 1.29 is 18.3 Å². The van der Waals surface area contributed by atoms with E-state index in [0.29, 0.717) is 28.1 Å². The van der Waals surface area contributed by atoms with Crippen molar-refractivity contribution in [2.45, 2.75) is 24.7 Å². The molecule has 5 nitrogen and oxygen atoms in total. The van der Waals surface area contributed by atoms with Crippen LogP contribution in [0.3, 0.4) is 0 Å². The monoisotopic (exact) mass is 373 g/mol. The number of thiophene rings is 1. The van der Waals surface area contributed by atoms with Gasteiger partial charge >= 0.3 is 5.97 Å². The Balaban J connectivity index is 1.99. The summed E-state index contributed by atoms with van der Waals surface area (Å²) in [5, 5.41) is 10.2. The highest BCUT2D eigenvalue weighted by atomic mass is 35.5. The van der Waals surface area contributed by atoms with Gasteiger partial charge in [0.25, 0.3) is 0 Å². The first-order chi connectivity index (χ1) is 10.8. The number of hydrogen-bond acceptors (Lipinski definition) is 4. The molecule has 1 N–H and O–H groups in total. The van der Waals surface area contributed by atoms with E-state index in [1.807, 2.05) is 6.07 Å². The van der Waals surface area contributed by atoms with Crippen molar-refractivity contribution in [1.82, 2.24) is 4.31 Å². The minimum absolute atomic E-state index is 0.233. The predicted molar refractivity (Wildman–Crippen MR) is 90.7 cm³/mol. The summed E-state index contributed by atoms with van der Waals surface area (Å²) in [7, 11) is -3.65. The smallest absolute Gasteiger partial charge is 0.306 e. The molecule has 0 spiro atoms. The first-order valence-electron chi connectivity index (χ1n) is 7.22. The van der Waals surface area contributed by atoms with Crippen molar-refractivity contribution in [2.75, 3.05) is 13.1 Å². The van der Waals surface area contributed by atoms with Crippen LogP contribution in [0.2, 0.25) is 5.02 Å². The molecule has 0 saturated carbocycles. The average Bonchev–Trinajstić information content (AvgIpc) is 2.83. The highest BCUT2D eigenvalue weighted by molar-refractivity contribution is 7.89. The number of carboxylic acid groups (broad SMARTS) is 1. The van der Waals surface area contributed by atoms with Crippen molar-refractivity contribution in [1.29, 1.82) is 0 Å². The lowest BCUT2D eigenvalue weighted by atomic mass is 9.99. The maximum Gasteiger partial charge on any atom is 0.306 e. The minimum atomic E-state index is -3.65. The molecule has 3 rings (SSSR count). The molecule has 1 aromatic heterocycles. The van der Waals surface area contributed by atoms with E-state index in [4.69, 9.17) is 16.7 Å². The van der Waals surface area contributed by atoms with E-state index in [-0.39, 0.29) is 13.1 Å². The van der Waals surface area contributed by atoms with Crippen molar-refractivity contribution in [2.24, 2.45) is 5.92 Å². The maximum absolute atomic E-state index is 13.0. The fourth-order valence-corrected chi connectivity index (χ4v) is 6.34. The highest BCUT2D eigenvalue weighted by Gasteiger charge is 2.34. The van der Waals surface area contributed by atoms with Crippen LogP contribution in [0.5, 0.6) is 0 Å². The number of halogens is 1. The molecule has 0 radical (unpaired) electrons. The number of fused-ring (bicyclic) bond motifs is 1. The van der Waals surface area contributed by atoms with Gasteiger partial charge in [-0.3, -0.25) is 4.79 Å². The summed E-state index contributed by atoms with van der Waals surface area (Å²) >= 11 is 7.45. The van der Waals surface area contributed by atoms with Crippen molar-refractivity contribution in [3.8, 4) is 0 Å². The maximum atomic E-state index is 13.0. The fourth-order valence-electron chi connectivity index (χ4n) is 2.96. The number of carbonyl (C=O) groups is 1. The van der Waals surface area contributed by atoms with Crippen LogP contribution in [-0.2, 0) is 14.8 Å². The summed E-state index contributed by atoms with van der Waals surface area (Å²) in [4.78, 5) is 12.0. The lowest BCUT2D eigenvalue weighted by Gasteiger charge is -2.29. The number of piperidine rings is 1. The number of sulfonamides is 1. The Bertz CT molecular complexity index is 867. The van der Waals surface area contributed by atoms with Crippen LogP contribution < -0.4 is 0 Å². The zero-order valence-corrected chi connectivity index (χ0v) is 14.8. The third-order valence-corrected chi connectivity index (χ3v) is 7.71. The molecule has 0 unspecified atom stereocenters. The van der Waals surface area contributed by atoms with Crippen molar-refractivity contribution in [3.63, 3.8) is 0 Å². The average molecular weight is 374 g/mol. The highest BCUT2D eigenvalue weighted by Crippen LogP contribution is 2.38. The molecule has 124 valence electrons. The second-order valence-electron chi connectivity index (χ2n) is 5.64. The Morgan fingerprint density at radius 3 is 2.61 bits per heavy atom. The van der Waals surface area contributed by atoms with E-state index in [1.165, 1.54) is 15.6 Å². The third kappa shape index (κ3) is 2.98. The van der Waals surface area contributed by atoms with Gasteiger partial charge < -0.3 is 5.11 Å². The predicted octanol–water partition coefficient (Wildman–Crippen LogP) is 3.35. The largest absolute Gasteiger partial charge is 0.481 e. The number of hydrogen-bond donors (Lipinski definition) is 1. The first-order valence-corrected chi connectivity index (χ1v) is 9.86. The minimum Gasteiger partial charge on any atom is -0.481 e. The molecular weight excluding hydrogens is 358 g/mol. The quantitative estimate of drug-likeness (QED) is 0.895. The van der Waals surface area contributed by atoms with E-state index in [0.717, 1.165) is 9.58 Å². The Kier molecular flexibility index (Phi) is 4.39. The van der Waals surface area contributed by atoms with E-state index in [9.17, 15) is 13.2 Å². The zero-order valence-electron chi connectivity index (χ0n) is 12.5. The Labute approximate surface area is 143 Å². The molecule has 23 heavy (non-hydrogen) atoms. The standard InChI is InChI=1S/C15H16ClNO4S2/c1-9-14(12-8-11(16)2-3-13(12)22-9)23(20,21)17-6-4-10(5-7-17)15(18)19/h2-3,8,10H,4-7H2,1H3,(H,18,19). The normalized spacial score (nSPS) is 17.7. The number of carboxylic acids is 1. The van der Waals surface area contributed by atoms with Crippen LogP contribution in [-0.4, -0.2) is 36.9 Å². The molecule has 1 saturated heterocycles. The van der Waals surface area contributed by atoms with Crippen LogP contribution in [0.4, 0.5) is 0 Å². The van der Waals surface area contributed by atoms with Crippen LogP contribution >= 0.6 is 22.9 Å². The number of benzene rings is 1. The number of nitrogens with zero attached hydrogens (tertiary/aromatic N) is 1. The molecule has 2 heterocycles. The van der Waals surface area contributed by atoms with Gasteiger partial charge in [-0.05, 0) is 38.0 Å². The summed E-state index contributed by atoms with van der Waals surface area (Å²) in [5.41, 5.74) is 0. The lowest BCUT2D eigenvalue weighted by Crippen LogP contribution is -2.40. The topological polar surface area (TPSA) is 74.7 Å². The molecule has 1 aliphatic heterocycles. The Morgan fingerprint density at radius 1 is 1.35 bits per heavy atom. The zero-order chi connectivity index (χ0) is 16.8. The summed E-state index contributed by atoms with van der Waals surface area (Å²) in [6, 6.07) is 5.25. The lowest BCUT2D eigenvalue weighted by molar-refractivity contribution is -0.142.